The van der Waals surface area contributed by atoms with E-state index in [1.54, 1.807) is 0 Å². The monoisotopic (exact) mass is 212 g/mol. The first kappa shape index (κ1) is 9.91. The highest BCUT2D eigenvalue weighted by molar-refractivity contribution is 6.34. The summed E-state index contributed by atoms with van der Waals surface area (Å²) in [6.07, 6.45) is -3.71. The molecule has 0 aliphatic rings. The Bertz CT molecular complexity index is 315. The van der Waals surface area contributed by atoms with Crippen LogP contribution in [0.5, 0.6) is 5.75 Å². The number of nitrogens with two attached hydrogens (primary N) is 1. The van der Waals surface area contributed by atoms with Gasteiger partial charge in [0.05, 0.1) is 0 Å². The predicted molar refractivity (Wildman–Crippen MR) is 40.3 cm³/mol. The Labute approximate surface area is 76.3 Å². The summed E-state index contributed by atoms with van der Waals surface area (Å²) in [5.41, 5.74) is 5.15. The van der Waals surface area contributed by atoms with E-state index in [0.29, 0.717) is 0 Å². The van der Waals surface area contributed by atoms with Gasteiger partial charge in [0.25, 0.3) is 0 Å². The smallest absolute Gasteiger partial charge is 0.404 e. The van der Waals surface area contributed by atoms with E-state index in [1.807, 2.05) is 0 Å². The molecule has 0 unspecified atom stereocenters. The van der Waals surface area contributed by atoms with Gasteiger partial charge in [0, 0.05) is 12.3 Å². The first-order chi connectivity index (χ1) is 5.90. The molecule has 1 rings (SSSR count). The number of pyridine rings is 1. The van der Waals surface area contributed by atoms with E-state index < -0.39 is 12.1 Å². The maximum atomic E-state index is 11.7. The Morgan fingerprint density at radius 3 is 2.62 bits per heavy atom. The second-order valence-corrected chi connectivity index (χ2v) is 2.43. The van der Waals surface area contributed by atoms with Crippen molar-refractivity contribution in [2.45, 2.75) is 6.36 Å². The Morgan fingerprint density at radius 2 is 2.08 bits per heavy atom. The third-order valence-corrected chi connectivity index (χ3v) is 1.49. The molecule has 0 radical (unpaired) electrons. The number of rotatable bonds is 1. The van der Waals surface area contributed by atoms with E-state index in [-0.39, 0.29) is 10.8 Å². The van der Waals surface area contributed by atoms with Gasteiger partial charge in [-0.05, 0) is 0 Å². The van der Waals surface area contributed by atoms with Gasteiger partial charge < -0.3 is 10.5 Å². The number of nitrogen functional groups attached to an aromatic ring is 1. The van der Waals surface area contributed by atoms with Crippen molar-refractivity contribution in [2.75, 3.05) is 5.73 Å². The highest BCUT2D eigenvalue weighted by Crippen LogP contribution is 2.32. The molecular formula is C6H4ClF3N2O. The molecule has 2 N–H and O–H groups in total. The number of hydrogen-bond donors (Lipinski definition) is 1. The zero-order valence-electron chi connectivity index (χ0n) is 6.10. The minimum Gasteiger partial charge on any atom is -0.404 e. The van der Waals surface area contributed by atoms with Crippen molar-refractivity contribution in [1.29, 1.82) is 0 Å². The fraction of sp³-hybridized carbons (Fsp3) is 0.167. The van der Waals surface area contributed by atoms with Crippen LogP contribution in [0.3, 0.4) is 0 Å². The molecule has 0 saturated heterocycles. The summed E-state index contributed by atoms with van der Waals surface area (Å²) in [7, 11) is 0. The van der Waals surface area contributed by atoms with Crippen LogP contribution in [0.4, 0.5) is 19.0 Å². The van der Waals surface area contributed by atoms with Gasteiger partial charge in [-0.2, -0.15) is 0 Å². The van der Waals surface area contributed by atoms with Gasteiger partial charge in [-0.15, -0.1) is 13.2 Å². The van der Waals surface area contributed by atoms with Crippen LogP contribution in [0.1, 0.15) is 0 Å². The number of aromatic nitrogens is 1. The van der Waals surface area contributed by atoms with E-state index in [2.05, 4.69) is 9.72 Å². The van der Waals surface area contributed by atoms with Crippen LogP contribution in [0.15, 0.2) is 12.3 Å². The topological polar surface area (TPSA) is 48.1 Å². The van der Waals surface area contributed by atoms with Crippen LogP contribution in [0.2, 0.25) is 5.02 Å². The van der Waals surface area contributed by atoms with Crippen LogP contribution in [0.25, 0.3) is 0 Å². The van der Waals surface area contributed by atoms with Crippen molar-refractivity contribution in [3.63, 3.8) is 0 Å². The van der Waals surface area contributed by atoms with Crippen molar-refractivity contribution in [3.05, 3.63) is 17.3 Å². The molecule has 3 nitrogen and oxygen atoms in total. The third kappa shape index (κ3) is 2.66. The third-order valence-electron chi connectivity index (χ3n) is 1.11. The number of halogens is 4. The largest absolute Gasteiger partial charge is 0.573 e. The Balaban J connectivity index is 2.96. The van der Waals surface area contributed by atoms with Crippen LogP contribution >= 0.6 is 11.6 Å². The second-order valence-electron chi connectivity index (χ2n) is 2.06. The van der Waals surface area contributed by atoms with Gasteiger partial charge in [0.2, 0.25) is 0 Å². The van der Waals surface area contributed by atoms with Crippen molar-refractivity contribution in [2.24, 2.45) is 0 Å². The number of alkyl halides is 3. The van der Waals surface area contributed by atoms with E-state index in [9.17, 15) is 13.2 Å². The average molecular weight is 213 g/mol. The predicted octanol–water partition coefficient (Wildman–Crippen LogP) is 2.22. The Kier molecular flexibility index (Phi) is 2.51. The molecule has 1 heterocycles. The summed E-state index contributed by atoms with van der Waals surface area (Å²) in [6, 6.07) is 0.978. The normalized spacial score (nSPS) is 11.4. The lowest BCUT2D eigenvalue weighted by atomic mass is 10.4. The summed E-state index contributed by atoms with van der Waals surface area (Å²) in [5, 5.41) is -0.347. The van der Waals surface area contributed by atoms with E-state index in [0.717, 1.165) is 12.3 Å². The highest BCUT2D eigenvalue weighted by Gasteiger charge is 2.32. The quantitative estimate of drug-likeness (QED) is 0.777. The average Bonchev–Trinajstić information content (AvgIpc) is 1.96. The Morgan fingerprint density at radius 1 is 1.46 bits per heavy atom. The van der Waals surface area contributed by atoms with Gasteiger partial charge >= 0.3 is 6.36 Å². The van der Waals surface area contributed by atoms with Gasteiger partial charge in [0.1, 0.15) is 10.8 Å². The fourth-order valence-corrected chi connectivity index (χ4v) is 0.795. The van der Waals surface area contributed by atoms with Crippen LogP contribution in [0, 0.1) is 0 Å². The summed E-state index contributed by atoms with van der Waals surface area (Å²) in [6.45, 7) is 0. The molecule has 0 aliphatic heterocycles. The lowest BCUT2D eigenvalue weighted by Gasteiger charge is -2.10. The number of nitrogens with zero attached hydrogens (tertiary/aromatic N) is 1. The molecule has 0 bridgehead atoms. The first-order valence-electron chi connectivity index (χ1n) is 3.06. The zero-order chi connectivity index (χ0) is 10.1. The molecule has 0 atom stereocenters. The molecule has 0 spiro atoms. The molecule has 1 aromatic rings. The summed E-state index contributed by atoms with van der Waals surface area (Å²) in [4.78, 5) is 3.47. The van der Waals surface area contributed by atoms with Gasteiger partial charge in [-0.3, -0.25) is 0 Å². The number of hydrogen-bond acceptors (Lipinski definition) is 3. The summed E-state index contributed by atoms with van der Waals surface area (Å²) < 4.78 is 38.7. The van der Waals surface area contributed by atoms with Gasteiger partial charge in [-0.1, -0.05) is 11.6 Å². The van der Waals surface area contributed by atoms with Crippen molar-refractivity contribution in [3.8, 4) is 5.75 Å². The molecule has 0 saturated carbocycles. The molecule has 7 heteroatoms. The molecule has 0 amide bonds. The fourth-order valence-electron chi connectivity index (χ4n) is 0.645. The summed E-state index contributed by atoms with van der Waals surface area (Å²) >= 11 is 5.39. The maximum absolute atomic E-state index is 11.7. The molecule has 13 heavy (non-hydrogen) atoms. The van der Waals surface area contributed by atoms with Crippen LogP contribution in [-0.4, -0.2) is 11.3 Å². The molecule has 0 aromatic carbocycles. The SMILES string of the molecule is Nc1nccc(OC(F)(F)F)c1Cl. The standard InChI is InChI=1S/C6H4ClF3N2O/c7-4-3(13-6(8,9)10)1-2-12-5(4)11/h1-2H,(H2,11,12). The van der Waals surface area contributed by atoms with E-state index in [4.69, 9.17) is 17.3 Å². The van der Waals surface area contributed by atoms with E-state index >= 15 is 0 Å². The van der Waals surface area contributed by atoms with E-state index in [1.165, 1.54) is 0 Å². The number of anilines is 1. The molecule has 0 aliphatic carbocycles. The van der Waals surface area contributed by atoms with Crippen LogP contribution in [-0.2, 0) is 0 Å². The highest BCUT2D eigenvalue weighted by atomic mass is 35.5. The molecule has 0 fully saturated rings. The second kappa shape index (κ2) is 3.29. The lowest BCUT2D eigenvalue weighted by Crippen LogP contribution is -2.17. The Hall–Kier alpha value is -1.17. The molecule has 1 aromatic heterocycles. The van der Waals surface area contributed by atoms with Gasteiger partial charge in [-0.25, -0.2) is 4.98 Å². The number of ether oxygens (including phenoxy) is 1. The first-order valence-corrected chi connectivity index (χ1v) is 3.43. The zero-order valence-corrected chi connectivity index (χ0v) is 6.86. The van der Waals surface area contributed by atoms with Crippen molar-refractivity contribution < 1.29 is 17.9 Å². The molecule has 72 valence electrons. The van der Waals surface area contributed by atoms with Crippen molar-refractivity contribution >= 4 is 17.4 Å². The minimum atomic E-state index is -4.78. The van der Waals surface area contributed by atoms with Crippen LogP contribution < -0.4 is 10.5 Å². The maximum Gasteiger partial charge on any atom is 0.573 e. The van der Waals surface area contributed by atoms with Gasteiger partial charge in [0.15, 0.2) is 5.75 Å². The summed E-state index contributed by atoms with van der Waals surface area (Å²) in [5.74, 6) is -0.759. The molecular weight excluding hydrogens is 209 g/mol. The minimum absolute atomic E-state index is 0.205. The van der Waals surface area contributed by atoms with Crippen molar-refractivity contribution in [1.82, 2.24) is 4.98 Å². The lowest BCUT2D eigenvalue weighted by molar-refractivity contribution is -0.274.